The van der Waals surface area contributed by atoms with Gasteiger partial charge in [-0.15, -0.1) is 0 Å². The molecule has 0 aliphatic heterocycles. The highest BCUT2D eigenvalue weighted by molar-refractivity contribution is 5.77. The Hall–Kier alpha value is -0.780. The van der Waals surface area contributed by atoms with E-state index >= 15 is 0 Å². The first kappa shape index (κ1) is 15.3. The lowest BCUT2D eigenvalue weighted by Gasteiger charge is -2.25. The molecule has 1 aliphatic rings. The fourth-order valence-corrected chi connectivity index (χ4v) is 1.90. The highest BCUT2D eigenvalue weighted by Crippen LogP contribution is 2.49. The Bertz CT molecular complexity index is 309. The Labute approximate surface area is 105 Å². The molecule has 1 fully saturated rings. The summed E-state index contributed by atoms with van der Waals surface area (Å²) < 4.78 is 37.9. The smallest absolute Gasteiger partial charge is 0.342 e. The largest absolute Gasteiger partial charge is 0.411 e. The van der Waals surface area contributed by atoms with Crippen molar-refractivity contribution in [3.05, 3.63) is 0 Å². The second-order valence-electron chi connectivity index (χ2n) is 5.83. The van der Waals surface area contributed by atoms with Crippen LogP contribution >= 0.6 is 0 Å². The van der Waals surface area contributed by atoms with E-state index in [1.54, 1.807) is 0 Å². The molecule has 0 saturated heterocycles. The van der Waals surface area contributed by atoms with Crippen molar-refractivity contribution in [2.24, 2.45) is 11.1 Å². The summed E-state index contributed by atoms with van der Waals surface area (Å²) in [5.74, 6) is -0.519. The van der Waals surface area contributed by atoms with Gasteiger partial charge in [0.05, 0.1) is 0 Å². The van der Waals surface area contributed by atoms with E-state index in [0.29, 0.717) is 13.0 Å². The number of halogens is 3. The molecule has 0 atom stereocenters. The number of rotatable bonds is 6. The van der Waals surface area contributed by atoms with Crippen LogP contribution in [0.25, 0.3) is 0 Å². The van der Waals surface area contributed by atoms with Gasteiger partial charge in [0, 0.05) is 6.42 Å². The Kier molecular flexibility index (Phi) is 4.30. The van der Waals surface area contributed by atoms with Crippen LogP contribution in [0.1, 0.15) is 46.0 Å². The third-order valence-corrected chi connectivity index (χ3v) is 3.52. The lowest BCUT2D eigenvalue weighted by atomic mass is 9.84. The van der Waals surface area contributed by atoms with E-state index in [4.69, 9.17) is 5.73 Å². The van der Waals surface area contributed by atoms with Gasteiger partial charge in [-0.2, -0.15) is 13.2 Å². The fourth-order valence-electron chi connectivity index (χ4n) is 1.90. The molecule has 1 amide bonds. The third-order valence-electron chi connectivity index (χ3n) is 3.52. The molecule has 0 aromatic heterocycles. The van der Waals surface area contributed by atoms with Gasteiger partial charge in [0.1, 0.15) is 5.54 Å². The quantitative estimate of drug-likeness (QED) is 0.775. The maximum absolute atomic E-state index is 12.6. The number of carbonyl (C=O) groups is 1. The Morgan fingerprint density at radius 3 is 2.22 bits per heavy atom. The van der Waals surface area contributed by atoms with Crippen molar-refractivity contribution in [2.45, 2.75) is 57.7 Å². The van der Waals surface area contributed by atoms with Crippen LogP contribution in [0.3, 0.4) is 0 Å². The maximum atomic E-state index is 12.6. The van der Waals surface area contributed by atoms with Crippen LogP contribution < -0.4 is 11.1 Å². The Balaban J connectivity index is 2.40. The second-order valence-corrected chi connectivity index (χ2v) is 5.83. The van der Waals surface area contributed by atoms with Gasteiger partial charge < -0.3 is 11.1 Å². The van der Waals surface area contributed by atoms with Gasteiger partial charge in [-0.1, -0.05) is 13.8 Å². The van der Waals surface area contributed by atoms with E-state index in [0.717, 1.165) is 6.42 Å². The molecule has 1 saturated carbocycles. The first-order valence-electron chi connectivity index (χ1n) is 6.20. The SMILES string of the molecule is CC(C)(CCN)CCC(=O)NC1(C(F)(F)F)CC1. The minimum absolute atomic E-state index is 0.00552. The van der Waals surface area contributed by atoms with Crippen molar-refractivity contribution in [3.63, 3.8) is 0 Å². The highest BCUT2D eigenvalue weighted by Gasteiger charge is 2.64. The molecule has 106 valence electrons. The summed E-state index contributed by atoms with van der Waals surface area (Å²) >= 11 is 0. The maximum Gasteiger partial charge on any atom is 0.411 e. The lowest BCUT2D eigenvalue weighted by Crippen LogP contribution is -2.48. The molecule has 3 N–H and O–H groups in total. The summed E-state index contributed by atoms with van der Waals surface area (Å²) in [6.45, 7) is 4.44. The number of hydrogen-bond donors (Lipinski definition) is 2. The van der Waals surface area contributed by atoms with E-state index in [1.807, 2.05) is 13.8 Å². The molecule has 1 aliphatic carbocycles. The zero-order chi connectivity index (χ0) is 14.0. The lowest BCUT2D eigenvalue weighted by molar-refractivity contribution is -0.170. The van der Waals surface area contributed by atoms with Crippen LogP contribution in [0.5, 0.6) is 0 Å². The van der Waals surface area contributed by atoms with Crippen LogP contribution in [0.15, 0.2) is 0 Å². The van der Waals surface area contributed by atoms with Crippen molar-refractivity contribution in [1.82, 2.24) is 5.32 Å². The van der Waals surface area contributed by atoms with Crippen LogP contribution in [-0.2, 0) is 4.79 Å². The minimum atomic E-state index is -4.34. The van der Waals surface area contributed by atoms with Gasteiger partial charge in [0.25, 0.3) is 0 Å². The van der Waals surface area contributed by atoms with Gasteiger partial charge in [-0.25, -0.2) is 0 Å². The predicted molar refractivity (Wildman–Crippen MR) is 62.8 cm³/mol. The normalized spacial score (nSPS) is 18.6. The van der Waals surface area contributed by atoms with Crippen molar-refractivity contribution < 1.29 is 18.0 Å². The molecular formula is C12H21F3N2O. The molecule has 0 bridgehead atoms. The summed E-state index contributed by atoms with van der Waals surface area (Å²) in [4.78, 5) is 11.6. The van der Waals surface area contributed by atoms with E-state index in [-0.39, 0.29) is 24.7 Å². The van der Waals surface area contributed by atoms with E-state index in [9.17, 15) is 18.0 Å². The first-order valence-corrected chi connectivity index (χ1v) is 6.20. The van der Waals surface area contributed by atoms with Crippen LogP contribution in [0.2, 0.25) is 0 Å². The molecule has 0 heterocycles. The van der Waals surface area contributed by atoms with Crippen molar-refractivity contribution >= 4 is 5.91 Å². The summed E-state index contributed by atoms with van der Waals surface area (Å²) in [7, 11) is 0. The van der Waals surface area contributed by atoms with Gasteiger partial charge in [0.2, 0.25) is 5.91 Å². The fraction of sp³-hybridized carbons (Fsp3) is 0.917. The van der Waals surface area contributed by atoms with Crippen molar-refractivity contribution in [3.8, 4) is 0 Å². The van der Waals surface area contributed by atoms with Crippen molar-refractivity contribution in [2.75, 3.05) is 6.54 Å². The molecule has 6 heteroatoms. The summed E-state index contributed by atoms with van der Waals surface area (Å²) in [6, 6.07) is 0. The van der Waals surface area contributed by atoms with Crippen LogP contribution in [-0.4, -0.2) is 24.2 Å². The topological polar surface area (TPSA) is 55.1 Å². The number of alkyl halides is 3. The van der Waals surface area contributed by atoms with E-state index in [2.05, 4.69) is 5.32 Å². The molecule has 0 radical (unpaired) electrons. The second kappa shape index (κ2) is 5.07. The van der Waals surface area contributed by atoms with E-state index in [1.165, 1.54) is 0 Å². The predicted octanol–water partition coefficient (Wildman–Crippen LogP) is 2.35. The average Bonchev–Trinajstić information content (AvgIpc) is 2.95. The molecule has 1 rings (SSSR count). The van der Waals surface area contributed by atoms with Gasteiger partial charge >= 0.3 is 6.18 Å². The summed E-state index contributed by atoms with van der Waals surface area (Å²) in [5, 5.41) is 2.13. The monoisotopic (exact) mass is 266 g/mol. The first-order chi connectivity index (χ1) is 8.12. The van der Waals surface area contributed by atoms with Gasteiger partial charge in [-0.05, 0) is 37.6 Å². The van der Waals surface area contributed by atoms with E-state index < -0.39 is 17.6 Å². The summed E-state index contributed by atoms with van der Waals surface area (Å²) in [5.41, 5.74) is 3.39. The molecule has 0 unspecified atom stereocenters. The summed E-state index contributed by atoms with van der Waals surface area (Å²) in [6.07, 6.45) is -2.93. The number of nitrogens with two attached hydrogens (primary N) is 1. The molecule has 18 heavy (non-hydrogen) atoms. The minimum Gasteiger partial charge on any atom is -0.342 e. The number of nitrogens with one attached hydrogen (secondary N) is 1. The van der Waals surface area contributed by atoms with Crippen LogP contribution in [0.4, 0.5) is 13.2 Å². The zero-order valence-corrected chi connectivity index (χ0v) is 10.9. The average molecular weight is 266 g/mol. The molecule has 0 aromatic carbocycles. The van der Waals surface area contributed by atoms with Crippen molar-refractivity contribution in [1.29, 1.82) is 0 Å². The van der Waals surface area contributed by atoms with Gasteiger partial charge in [-0.3, -0.25) is 4.79 Å². The number of carbonyl (C=O) groups excluding carboxylic acids is 1. The molecule has 0 aromatic rings. The molecular weight excluding hydrogens is 245 g/mol. The number of hydrogen-bond acceptors (Lipinski definition) is 2. The Morgan fingerprint density at radius 2 is 1.83 bits per heavy atom. The Morgan fingerprint density at radius 1 is 1.28 bits per heavy atom. The highest BCUT2D eigenvalue weighted by atomic mass is 19.4. The molecule has 0 spiro atoms. The number of amides is 1. The van der Waals surface area contributed by atoms with Crippen LogP contribution in [0, 0.1) is 5.41 Å². The standard InChI is InChI=1S/C12H21F3N2O/c1-10(2,7-8-16)4-3-9(18)17-11(5-6-11)12(13,14)15/h3-8,16H2,1-2H3,(H,17,18). The molecule has 3 nitrogen and oxygen atoms in total. The van der Waals surface area contributed by atoms with Gasteiger partial charge in [0.15, 0.2) is 0 Å². The zero-order valence-electron chi connectivity index (χ0n) is 10.9. The third kappa shape index (κ3) is 3.86.